The second-order valence-corrected chi connectivity index (χ2v) is 16.7. The molecule has 23 heteroatoms. The molecule has 3 fully saturated rings. The number of nitrogens with one attached hydrogen (secondary N) is 1. The van der Waals surface area contributed by atoms with Crippen LogP contribution < -0.4 is 5.56 Å². The quantitative estimate of drug-likeness (QED) is 0.147. The number of hydrogen-bond acceptors (Lipinski definition) is 14. The van der Waals surface area contributed by atoms with E-state index >= 15 is 0 Å². The predicted molar refractivity (Wildman–Crippen MR) is 162 cm³/mol. The smallest absolute Gasteiger partial charge is 0.386 e. The Labute approximate surface area is 272 Å². The van der Waals surface area contributed by atoms with Gasteiger partial charge >= 0.3 is 13.5 Å². The van der Waals surface area contributed by atoms with Gasteiger partial charge in [-0.1, -0.05) is 35.5 Å². The Hall–Kier alpha value is -1.51. The molecule has 4 N–H and O–H groups in total. The fourth-order valence-corrected chi connectivity index (χ4v) is 8.66. The number of aliphatic hydroxyl groups excluding tert-OH is 2. The highest BCUT2D eigenvalue weighted by Gasteiger charge is 2.52. The molecule has 6 heterocycles. The number of aromatic nitrogens is 6. The molecule has 3 aliphatic heterocycles. The number of benzene rings is 1. The van der Waals surface area contributed by atoms with Gasteiger partial charge in [0.1, 0.15) is 36.6 Å². The molecular weight excluding hydrogens is 721 g/mol. The molecule has 3 aromatic heterocycles. The van der Waals surface area contributed by atoms with E-state index in [4.69, 9.17) is 62.6 Å². The van der Waals surface area contributed by atoms with Crippen LogP contribution in [0.5, 0.6) is 0 Å². The van der Waals surface area contributed by atoms with Gasteiger partial charge in [0.2, 0.25) is 0 Å². The van der Waals surface area contributed by atoms with Crippen LogP contribution in [0.2, 0.25) is 10.0 Å². The molecule has 17 nitrogen and oxygen atoms in total. The van der Waals surface area contributed by atoms with Crippen LogP contribution in [-0.4, -0.2) is 94.0 Å². The molecule has 0 saturated carbocycles. The summed E-state index contributed by atoms with van der Waals surface area (Å²) < 4.78 is 50.6. The van der Waals surface area contributed by atoms with E-state index in [1.807, 2.05) is 0 Å². The van der Waals surface area contributed by atoms with Crippen LogP contribution in [0.1, 0.15) is 12.5 Å². The minimum atomic E-state index is -4.28. The van der Waals surface area contributed by atoms with Crippen LogP contribution >= 0.6 is 49.0 Å². The number of nitrogens with zero attached hydrogens (tertiary/aromatic N) is 5. The molecule has 4 unspecified atom stereocenters. The third-order valence-electron chi connectivity index (χ3n) is 7.46. The first kappa shape index (κ1) is 32.1. The van der Waals surface area contributed by atoms with Gasteiger partial charge in [0.05, 0.1) is 53.3 Å². The van der Waals surface area contributed by atoms with Gasteiger partial charge in [0.25, 0.3) is 5.56 Å². The Morgan fingerprint density at radius 2 is 1.58 bits per heavy atom. The lowest BCUT2D eigenvalue weighted by Crippen LogP contribution is -2.38. The maximum atomic E-state index is 13.4. The number of fused-ring (bicyclic) bond motifs is 4. The third kappa shape index (κ3) is 5.92. The van der Waals surface area contributed by atoms with E-state index < -0.39 is 81.4 Å². The van der Waals surface area contributed by atoms with Crippen LogP contribution in [0.25, 0.3) is 22.2 Å². The lowest BCUT2D eigenvalue weighted by atomic mass is 10.1. The van der Waals surface area contributed by atoms with Crippen molar-refractivity contribution in [2.24, 2.45) is 0 Å². The van der Waals surface area contributed by atoms with Gasteiger partial charge in [-0.2, -0.15) is 0 Å². The van der Waals surface area contributed by atoms with Gasteiger partial charge in [-0.3, -0.25) is 22.9 Å². The zero-order chi connectivity index (χ0) is 31.8. The van der Waals surface area contributed by atoms with Crippen molar-refractivity contribution in [1.82, 2.24) is 29.1 Å². The number of aromatic amines is 1. The number of imidazole rings is 2. The number of ether oxygens (including phenoxy) is 2. The van der Waals surface area contributed by atoms with Gasteiger partial charge < -0.3 is 38.7 Å². The van der Waals surface area contributed by atoms with Crippen molar-refractivity contribution in [3.63, 3.8) is 0 Å². The molecule has 0 aliphatic carbocycles. The summed E-state index contributed by atoms with van der Waals surface area (Å²) >= 11 is 21.6. The maximum absolute atomic E-state index is 13.4. The minimum absolute atomic E-state index is 0.0159. The molecule has 0 radical (unpaired) electrons. The summed E-state index contributed by atoms with van der Waals surface area (Å²) in [7, 11) is 0. The molecule has 3 aliphatic rings. The van der Waals surface area contributed by atoms with E-state index in [1.54, 1.807) is 6.07 Å². The Morgan fingerprint density at radius 1 is 0.956 bits per heavy atom. The van der Waals surface area contributed by atoms with Crippen molar-refractivity contribution in [2.75, 3.05) is 13.2 Å². The van der Waals surface area contributed by atoms with Crippen molar-refractivity contribution in [3.05, 3.63) is 51.5 Å². The highest BCUT2D eigenvalue weighted by molar-refractivity contribution is 8.44. The lowest BCUT2D eigenvalue weighted by molar-refractivity contribution is -0.0576. The fourth-order valence-electron chi connectivity index (χ4n) is 5.41. The average molecular weight is 743 g/mol. The molecule has 0 bridgehead atoms. The van der Waals surface area contributed by atoms with Gasteiger partial charge in [-0.05, 0) is 23.9 Å². The SMILES string of the molecule is O=c1[nH]cnc2c1ncn2[C@@H]1O[C@@H]2COP(O)(=S)O[C@@H]3C(O)[C@H](n4cnc5cc(Cl)c(Cl)cc54)O[C@@H]3COP(=O)(S)OC2[C@@H]1O. The molecule has 10 atom stereocenters. The molecule has 0 spiro atoms. The van der Waals surface area contributed by atoms with Crippen molar-refractivity contribution in [2.45, 2.75) is 49.1 Å². The number of hydrogen-bond donors (Lipinski definition) is 5. The van der Waals surface area contributed by atoms with Crippen molar-refractivity contribution >= 4 is 83.0 Å². The zero-order valence-corrected chi connectivity index (χ0v) is 27.3. The molecule has 7 rings (SSSR count). The Morgan fingerprint density at radius 3 is 2.31 bits per heavy atom. The molecule has 242 valence electrons. The first-order valence-corrected chi connectivity index (χ1v) is 19.1. The van der Waals surface area contributed by atoms with Crippen LogP contribution in [0, 0.1) is 0 Å². The standard InChI is InChI=1S/C22H22Cl2N6O11P2S2/c23-8-1-10-11(2-9(8)24)29(6-27-10)21-15(31)17-12(38-21)3-36-43(35,45)41-18-13(4-37-42(34,44)40-17)39-22(16(18)32)30-7-28-14-19(30)25-5-26-20(14)33/h1-2,5-7,12-13,15-18,21-22,31-32H,3-4H2,(H,34,44)(H,35,45)(H,25,26,33)/t12-,13-,15?,16+,17+,18?,21-,22-,42?,43?/m1/s1. The van der Waals surface area contributed by atoms with E-state index in [0.717, 1.165) is 6.33 Å². The van der Waals surface area contributed by atoms with E-state index in [-0.39, 0.29) is 21.2 Å². The van der Waals surface area contributed by atoms with Crippen LogP contribution in [-0.2, 0) is 43.9 Å². The molecule has 45 heavy (non-hydrogen) atoms. The fraction of sp³-hybridized carbons (Fsp3) is 0.455. The first-order chi connectivity index (χ1) is 21.3. The van der Waals surface area contributed by atoms with Gasteiger partial charge in [-0.15, -0.1) is 0 Å². The van der Waals surface area contributed by atoms with E-state index in [9.17, 15) is 24.5 Å². The molecule has 4 aromatic rings. The maximum Gasteiger partial charge on any atom is 0.386 e. The number of H-pyrrole nitrogens is 1. The van der Waals surface area contributed by atoms with E-state index in [2.05, 4.69) is 32.2 Å². The first-order valence-electron chi connectivity index (χ1n) is 13.0. The number of aliphatic hydroxyl groups is 2. The molecular formula is C22H22Cl2N6O11P2S2. The summed E-state index contributed by atoms with van der Waals surface area (Å²) in [6, 6.07) is 3.08. The van der Waals surface area contributed by atoms with Crippen molar-refractivity contribution in [1.29, 1.82) is 0 Å². The highest BCUT2D eigenvalue weighted by Crippen LogP contribution is 2.58. The Balaban J connectivity index is 1.17. The number of halogens is 2. The number of rotatable bonds is 2. The second kappa shape index (κ2) is 11.9. The zero-order valence-electron chi connectivity index (χ0n) is 22.3. The molecule has 0 amide bonds. The van der Waals surface area contributed by atoms with E-state index in [1.165, 1.54) is 27.9 Å². The summed E-state index contributed by atoms with van der Waals surface area (Å²) in [5, 5.41) is 23.1. The lowest BCUT2D eigenvalue weighted by Gasteiger charge is -2.29. The monoisotopic (exact) mass is 742 g/mol. The molecule has 3 saturated heterocycles. The van der Waals surface area contributed by atoms with Crippen LogP contribution in [0.4, 0.5) is 0 Å². The largest absolute Gasteiger partial charge is 0.386 e. The van der Waals surface area contributed by atoms with Crippen molar-refractivity contribution < 1.29 is 47.2 Å². The second-order valence-electron chi connectivity index (χ2n) is 10.2. The highest BCUT2D eigenvalue weighted by atomic mass is 35.5. The van der Waals surface area contributed by atoms with Gasteiger partial charge in [-0.25, -0.2) is 19.5 Å². The average Bonchev–Trinajstić information content (AvgIpc) is 3.73. The van der Waals surface area contributed by atoms with Gasteiger partial charge in [0, 0.05) is 0 Å². The molecule has 1 aromatic carbocycles. The summed E-state index contributed by atoms with van der Waals surface area (Å²) in [5.41, 5.74) is 0.481. The number of thiol groups is 1. The van der Waals surface area contributed by atoms with Crippen molar-refractivity contribution in [3.8, 4) is 0 Å². The predicted octanol–water partition coefficient (Wildman–Crippen LogP) is 2.06. The topological polar surface area (TPSA) is 215 Å². The summed E-state index contributed by atoms with van der Waals surface area (Å²) in [6.45, 7) is -9.48. The van der Waals surface area contributed by atoms with Crippen LogP contribution in [0.15, 0.2) is 35.9 Å². The summed E-state index contributed by atoms with van der Waals surface area (Å²) in [4.78, 5) is 37.9. The Bertz CT molecular complexity index is 1950. The summed E-state index contributed by atoms with van der Waals surface area (Å²) in [6.07, 6.45) is -6.79. The van der Waals surface area contributed by atoms with Gasteiger partial charge in [0.15, 0.2) is 23.6 Å². The third-order valence-corrected chi connectivity index (χ3v) is 11.4. The Kier molecular flexibility index (Phi) is 8.46. The minimum Gasteiger partial charge on any atom is -0.386 e. The van der Waals surface area contributed by atoms with E-state index in [0.29, 0.717) is 11.0 Å². The van der Waals surface area contributed by atoms with Crippen LogP contribution in [0.3, 0.4) is 0 Å². The summed E-state index contributed by atoms with van der Waals surface area (Å²) in [5.74, 6) is 0. The normalized spacial score (nSPS) is 37.7.